The number of carbonyl (C=O) groups is 1. The maximum atomic E-state index is 11.3. The molecule has 7 heteroatoms. The number of ether oxygens (including phenoxy) is 2. The zero-order valence-corrected chi connectivity index (χ0v) is 12.1. The molecule has 0 unspecified atom stereocenters. The van der Waals surface area contributed by atoms with Crippen LogP contribution < -0.4 is 5.09 Å². The number of carbonyl (C=O) groups excluding carboxylic acids is 1. The summed E-state index contributed by atoms with van der Waals surface area (Å²) in [6.45, 7) is 7.06. The molecule has 0 aliphatic rings. The van der Waals surface area contributed by atoms with Crippen molar-refractivity contribution in [3.8, 4) is 0 Å². The van der Waals surface area contributed by atoms with Crippen LogP contribution in [0.15, 0.2) is 0 Å². The Labute approximate surface area is 103 Å². The van der Waals surface area contributed by atoms with Crippen molar-refractivity contribution in [1.29, 1.82) is 0 Å². The van der Waals surface area contributed by atoms with Crippen LogP contribution in [0.5, 0.6) is 0 Å². The average Bonchev–Trinajstić information content (AvgIpc) is 2.13. The Balaban J connectivity index is 4.20. The first-order valence-electron chi connectivity index (χ1n) is 5.62. The van der Waals surface area contributed by atoms with Gasteiger partial charge in [0.1, 0.15) is 0 Å². The molecular formula is C10H24NO5P. The first-order chi connectivity index (χ1) is 7.79. The van der Waals surface area contributed by atoms with Crippen LogP contribution >= 0.6 is 7.87 Å². The Morgan fingerprint density at radius 3 is 2.29 bits per heavy atom. The van der Waals surface area contributed by atoms with E-state index >= 15 is 0 Å². The van der Waals surface area contributed by atoms with Crippen molar-refractivity contribution in [3.05, 3.63) is 0 Å². The van der Waals surface area contributed by atoms with Gasteiger partial charge in [-0.3, -0.25) is 0 Å². The van der Waals surface area contributed by atoms with E-state index in [4.69, 9.17) is 14.0 Å². The molecular weight excluding hydrogens is 245 g/mol. The minimum atomic E-state index is -3.20. The van der Waals surface area contributed by atoms with E-state index in [9.17, 15) is 9.69 Å². The van der Waals surface area contributed by atoms with Gasteiger partial charge in [0.15, 0.2) is 0 Å². The molecule has 104 valence electrons. The van der Waals surface area contributed by atoms with Crippen LogP contribution in [-0.4, -0.2) is 43.1 Å². The molecule has 0 spiro atoms. The van der Waals surface area contributed by atoms with Gasteiger partial charge < -0.3 is 0 Å². The first kappa shape index (κ1) is 16.7. The van der Waals surface area contributed by atoms with Crippen molar-refractivity contribution in [3.63, 3.8) is 0 Å². The summed E-state index contributed by atoms with van der Waals surface area (Å²) in [5.41, 5.74) is 0. The molecule has 0 bridgehead atoms. The second-order valence-electron chi connectivity index (χ2n) is 4.28. The molecule has 0 heterocycles. The molecule has 0 aromatic heterocycles. The summed E-state index contributed by atoms with van der Waals surface area (Å²) in [7, 11) is -1.73. The summed E-state index contributed by atoms with van der Waals surface area (Å²) in [4.78, 5) is 21.5. The second-order valence-corrected chi connectivity index (χ2v) is 6.72. The number of nitrogens with one attached hydrogen (secondary N) is 1. The van der Waals surface area contributed by atoms with Crippen molar-refractivity contribution in [2.24, 2.45) is 0 Å². The fourth-order valence-electron chi connectivity index (χ4n) is 1.23. The van der Waals surface area contributed by atoms with E-state index in [2.05, 4.69) is 5.09 Å². The van der Waals surface area contributed by atoms with Crippen LogP contribution in [0.2, 0.25) is 0 Å². The van der Waals surface area contributed by atoms with Crippen molar-refractivity contribution in [2.75, 3.05) is 20.0 Å². The summed E-state index contributed by atoms with van der Waals surface area (Å²) >= 11 is 0. The van der Waals surface area contributed by atoms with Crippen LogP contribution in [0, 0.1) is 0 Å². The molecule has 17 heavy (non-hydrogen) atoms. The quantitative estimate of drug-likeness (QED) is 0.506. The number of hydrogen-bond acceptors (Lipinski definition) is 6. The third kappa shape index (κ3) is 8.46. The van der Waals surface area contributed by atoms with Gasteiger partial charge in [-0.05, 0) is 0 Å². The molecule has 2 N–H and O–H groups in total. The molecule has 0 aliphatic carbocycles. The molecule has 0 atom stereocenters. The van der Waals surface area contributed by atoms with Crippen molar-refractivity contribution in [2.45, 2.75) is 39.9 Å². The topological polar surface area (TPSA) is 77.0 Å². The van der Waals surface area contributed by atoms with Gasteiger partial charge in [-0.15, -0.1) is 0 Å². The van der Waals surface area contributed by atoms with E-state index < -0.39 is 13.8 Å². The summed E-state index contributed by atoms with van der Waals surface area (Å²) in [6, 6.07) is 0. The van der Waals surface area contributed by atoms with E-state index in [-0.39, 0.29) is 25.1 Å². The molecule has 0 aliphatic heterocycles. The van der Waals surface area contributed by atoms with Crippen LogP contribution in [0.3, 0.4) is 0 Å². The van der Waals surface area contributed by atoms with Gasteiger partial charge in [-0.2, -0.15) is 0 Å². The summed E-state index contributed by atoms with van der Waals surface area (Å²) < 4.78 is 15.2. The predicted molar refractivity (Wildman–Crippen MR) is 67.9 cm³/mol. The number of rotatable bonds is 8. The predicted octanol–water partition coefficient (Wildman–Crippen LogP) is 1.04. The number of methoxy groups -OCH3 is 1. The number of esters is 1. The second kappa shape index (κ2) is 7.95. The standard InChI is InChI=1S/C10H24NO5P/c1-8(2)15-10(12)6-11-17(13,7-14-5)16-9(3)4/h8-9,11,13,17H,6-7H2,1-5H3. The zero-order chi connectivity index (χ0) is 13.5. The molecule has 0 saturated heterocycles. The van der Waals surface area contributed by atoms with Crippen molar-refractivity contribution < 1.29 is 23.7 Å². The van der Waals surface area contributed by atoms with Crippen LogP contribution in [0.25, 0.3) is 0 Å². The Kier molecular flexibility index (Phi) is 7.83. The molecule has 0 fully saturated rings. The van der Waals surface area contributed by atoms with E-state index in [0.717, 1.165) is 0 Å². The molecule has 0 saturated carbocycles. The monoisotopic (exact) mass is 269 g/mol. The van der Waals surface area contributed by atoms with Gasteiger partial charge >= 0.3 is 103 Å². The van der Waals surface area contributed by atoms with Gasteiger partial charge in [0.05, 0.1) is 0 Å². The molecule has 0 aromatic rings. The Morgan fingerprint density at radius 2 is 1.88 bits per heavy atom. The van der Waals surface area contributed by atoms with Gasteiger partial charge in [-0.25, -0.2) is 0 Å². The molecule has 0 amide bonds. The van der Waals surface area contributed by atoms with Crippen LogP contribution in [0.1, 0.15) is 27.7 Å². The molecule has 6 nitrogen and oxygen atoms in total. The van der Waals surface area contributed by atoms with Gasteiger partial charge in [0.25, 0.3) is 0 Å². The summed E-state index contributed by atoms with van der Waals surface area (Å²) in [5.74, 6) is -0.422. The summed E-state index contributed by atoms with van der Waals surface area (Å²) in [6.07, 6.45) is -0.261. The van der Waals surface area contributed by atoms with Crippen LogP contribution in [0.4, 0.5) is 0 Å². The molecule has 0 radical (unpaired) electrons. The normalized spacial score (nSPS) is 13.2. The van der Waals surface area contributed by atoms with E-state index in [1.807, 2.05) is 13.8 Å². The third-order valence-electron chi connectivity index (χ3n) is 1.65. The van der Waals surface area contributed by atoms with Gasteiger partial charge in [0.2, 0.25) is 0 Å². The van der Waals surface area contributed by atoms with E-state index in [1.54, 1.807) is 13.8 Å². The Bertz CT molecular complexity index is 237. The van der Waals surface area contributed by atoms with Gasteiger partial charge in [-0.1, -0.05) is 0 Å². The molecule has 0 rings (SSSR count). The molecule has 0 aromatic carbocycles. The fraction of sp³-hybridized carbons (Fsp3) is 0.900. The van der Waals surface area contributed by atoms with E-state index in [0.29, 0.717) is 0 Å². The Morgan fingerprint density at radius 1 is 1.29 bits per heavy atom. The minimum absolute atomic E-state index is 0.0557. The third-order valence-corrected chi connectivity index (χ3v) is 3.92. The number of hydrogen-bond donors (Lipinski definition) is 2. The maximum absolute atomic E-state index is 11.3. The van der Waals surface area contributed by atoms with Crippen molar-refractivity contribution >= 4 is 13.8 Å². The first-order valence-corrected chi connectivity index (χ1v) is 7.69. The zero-order valence-electron chi connectivity index (χ0n) is 11.1. The SMILES string of the molecule is COC[PH](O)(NCC(=O)OC(C)C)OC(C)C. The van der Waals surface area contributed by atoms with E-state index in [1.165, 1.54) is 7.11 Å². The van der Waals surface area contributed by atoms with Crippen LogP contribution in [-0.2, 0) is 18.8 Å². The Hall–Kier alpha value is -0.260. The average molecular weight is 269 g/mol. The fourth-order valence-corrected chi connectivity index (χ4v) is 3.07. The van der Waals surface area contributed by atoms with Crippen molar-refractivity contribution in [1.82, 2.24) is 5.09 Å². The summed E-state index contributed by atoms with van der Waals surface area (Å²) in [5, 5.41) is 2.71. The van der Waals surface area contributed by atoms with Gasteiger partial charge in [0, 0.05) is 0 Å².